The van der Waals surface area contributed by atoms with Gasteiger partial charge in [0.1, 0.15) is 5.01 Å². The molecule has 1 saturated heterocycles. The molecule has 3 aromatic carbocycles. The van der Waals surface area contributed by atoms with Crippen molar-refractivity contribution in [2.75, 3.05) is 18.0 Å². The van der Waals surface area contributed by atoms with Crippen LogP contribution in [0.4, 0.5) is 5.13 Å². The molecule has 0 atom stereocenters. The van der Waals surface area contributed by atoms with Crippen LogP contribution in [0.1, 0.15) is 34.5 Å². The van der Waals surface area contributed by atoms with E-state index in [9.17, 15) is 4.79 Å². The van der Waals surface area contributed by atoms with E-state index in [0.717, 1.165) is 31.1 Å². The fourth-order valence-corrected chi connectivity index (χ4v) is 6.27. The number of rotatable bonds is 7. The number of benzene rings is 3. The SMILES string of the molecule is O=C(O)Cc1nnc(N2CCC(C(c3ccccc3)(c3ccccc3)c3ccccc3)CC2)s1. The van der Waals surface area contributed by atoms with Gasteiger partial charge in [0.25, 0.3) is 0 Å². The van der Waals surface area contributed by atoms with Gasteiger partial charge in [-0.05, 0) is 35.4 Å². The molecular weight excluding hydrogens is 442 g/mol. The molecule has 0 aliphatic carbocycles. The summed E-state index contributed by atoms with van der Waals surface area (Å²) >= 11 is 1.39. The Morgan fingerprint density at radius 3 is 1.74 bits per heavy atom. The van der Waals surface area contributed by atoms with Gasteiger partial charge in [-0.2, -0.15) is 0 Å². The lowest BCUT2D eigenvalue weighted by Gasteiger charge is -2.46. The van der Waals surface area contributed by atoms with E-state index in [1.54, 1.807) is 0 Å². The molecule has 0 amide bonds. The Morgan fingerprint density at radius 2 is 1.29 bits per heavy atom. The number of carboxylic acid groups (broad SMARTS) is 1. The number of aromatic nitrogens is 2. The molecule has 1 fully saturated rings. The van der Waals surface area contributed by atoms with Gasteiger partial charge < -0.3 is 10.0 Å². The first-order valence-corrected chi connectivity index (χ1v) is 12.5. The Morgan fingerprint density at radius 1 is 0.824 bits per heavy atom. The molecule has 0 unspecified atom stereocenters. The van der Waals surface area contributed by atoms with Crippen LogP contribution in [-0.2, 0) is 16.6 Å². The van der Waals surface area contributed by atoms with E-state index in [2.05, 4.69) is 106 Å². The van der Waals surface area contributed by atoms with Crippen molar-refractivity contribution in [3.63, 3.8) is 0 Å². The molecule has 0 radical (unpaired) electrons. The topological polar surface area (TPSA) is 66.3 Å². The summed E-state index contributed by atoms with van der Waals surface area (Å²) in [5.74, 6) is -0.484. The van der Waals surface area contributed by atoms with Gasteiger partial charge in [-0.1, -0.05) is 102 Å². The van der Waals surface area contributed by atoms with Crippen molar-refractivity contribution in [3.05, 3.63) is 113 Å². The molecule has 1 aliphatic heterocycles. The maximum Gasteiger partial charge on any atom is 0.310 e. The van der Waals surface area contributed by atoms with Crippen LogP contribution < -0.4 is 4.90 Å². The molecule has 1 N–H and O–H groups in total. The first-order valence-electron chi connectivity index (χ1n) is 11.6. The van der Waals surface area contributed by atoms with E-state index < -0.39 is 5.97 Å². The van der Waals surface area contributed by atoms with E-state index >= 15 is 0 Å². The highest BCUT2D eigenvalue weighted by molar-refractivity contribution is 7.15. The summed E-state index contributed by atoms with van der Waals surface area (Å²) in [7, 11) is 0. The van der Waals surface area contributed by atoms with E-state index in [-0.39, 0.29) is 11.8 Å². The summed E-state index contributed by atoms with van der Waals surface area (Å²) in [5, 5.41) is 18.8. The van der Waals surface area contributed by atoms with Crippen LogP contribution in [0.3, 0.4) is 0 Å². The summed E-state index contributed by atoms with van der Waals surface area (Å²) < 4.78 is 0. The predicted octanol–water partition coefficient (Wildman–Crippen LogP) is 5.42. The summed E-state index contributed by atoms with van der Waals surface area (Å²) in [6.07, 6.45) is 1.91. The van der Waals surface area contributed by atoms with Crippen molar-refractivity contribution < 1.29 is 9.90 Å². The van der Waals surface area contributed by atoms with Crippen LogP contribution in [0.2, 0.25) is 0 Å². The molecule has 0 bridgehead atoms. The van der Waals surface area contributed by atoms with Gasteiger partial charge in [0.05, 0.1) is 6.42 Å². The highest BCUT2D eigenvalue weighted by Crippen LogP contribution is 2.49. The monoisotopic (exact) mass is 469 g/mol. The van der Waals surface area contributed by atoms with Crippen LogP contribution in [0.25, 0.3) is 0 Å². The molecule has 5 nitrogen and oxygen atoms in total. The van der Waals surface area contributed by atoms with E-state index in [1.165, 1.54) is 28.0 Å². The van der Waals surface area contributed by atoms with E-state index in [0.29, 0.717) is 10.9 Å². The Balaban J connectivity index is 1.52. The first kappa shape index (κ1) is 22.3. The van der Waals surface area contributed by atoms with E-state index in [4.69, 9.17) is 5.11 Å². The van der Waals surface area contributed by atoms with Crippen molar-refractivity contribution in [2.24, 2.45) is 5.92 Å². The molecule has 6 heteroatoms. The van der Waals surface area contributed by atoms with Crippen LogP contribution in [0, 0.1) is 5.92 Å². The Labute approximate surface area is 203 Å². The number of hydrogen-bond acceptors (Lipinski definition) is 5. The van der Waals surface area contributed by atoms with Crippen LogP contribution in [0.5, 0.6) is 0 Å². The minimum atomic E-state index is -0.875. The zero-order valence-electron chi connectivity index (χ0n) is 18.9. The van der Waals surface area contributed by atoms with Gasteiger partial charge in [0.2, 0.25) is 5.13 Å². The lowest BCUT2D eigenvalue weighted by Crippen LogP contribution is -2.45. The van der Waals surface area contributed by atoms with E-state index in [1.807, 2.05) is 0 Å². The van der Waals surface area contributed by atoms with Crippen LogP contribution in [-0.4, -0.2) is 34.4 Å². The number of nitrogens with zero attached hydrogens (tertiary/aromatic N) is 3. The molecule has 0 spiro atoms. The number of hydrogen-bond donors (Lipinski definition) is 1. The zero-order chi connectivity index (χ0) is 23.4. The lowest BCUT2D eigenvalue weighted by molar-refractivity contribution is -0.136. The normalized spacial score (nSPS) is 14.8. The van der Waals surface area contributed by atoms with Crippen molar-refractivity contribution in [2.45, 2.75) is 24.7 Å². The van der Waals surface area contributed by atoms with Crippen LogP contribution >= 0.6 is 11.3 Å². The summed E-state index contributed by atoms with van der Waals surface area (Å²) in [5.41, 5.74) is 3.67. The van der Waals surface area contributed by atoms with Crippen molar-refractivity contribution in [1.82, 2.24) is 10.2 Å². The molecule has 0 saturated carbocycles. The van der Waals surface area contributed by atoms with Crippen LogP contribution in [0.15, 0.2) is 91.0 Å². The van der Waals surface area contributed by atoms with Crippen molar-refractivity contribution >= 4 is 22.4 Å². The van der Waals surface area contributed by atoms with Crippen molar-refractivity contribution in [1.29, 1.82) is 0 Å². The lowest BCUT2D eigenvalue weighted by atomic mass is 9.59. The molecule has 4 aromatic rings. The smallest absolute Gasteiger partial charge is 0.310 e. The fourth-order valence-electron chi connectivity index (χ4n) is 5.39. The third-order valence-corrected chi connectivity index (χ3v) is 7.81. The summed E-state index contributed by atoms with van der Waals surface area (Å²) in [6.45, 7) is 1.72. The van der Waals surface area contributed by atoms with Gasteiger partial charge in [0, 0.05) is 18.5 Å². The predicted molar refractivity (Wildman–Crippen MR) is 135 cm³/mol. The summed E-state index contributed by atoms with van der Waals surface area (Å²) in [4.78, 5) is 13.3. The minimum absolute atomic E-state index is 0.0761. The highest BCUT2D eigenvalue weighted by Gasteiger charge is 2.44. The molecule has 34 heavy (non-hydrogen) atoms. The zero-order valence-corrected chi connectivity index (χ0v) is 19.7. The number of carbonyl (C=O) groups is 1. The second-order valence-electron chi connectivity index (χ2n) is 8.72. The van der Waals surface area contributed by atoms with Gasteiger partial charge >= 0.3 is 5.97 Å². The van der Waals surface area contributed by atoms with Gasteiger partial charge in [-0.25, -0.2) is 0 Å². The molecule has 1 aliphatic rings. The van der Waals surface area contributed by atoms with Gasteiger partial charge in [0.15, 0.2) is 0 Å². The summed E-state index contributed by atoms with van der Waals surface area (Å²) in [6, 6.07) is 32.6. The molecular formula is C28H27N3O2S. The maximum atomic E-state index is 11.0. The standard InChI is InChI=1S/C28H27N3O2S/c32-26(33)20-25-29-30-27(34-25)31-18-16-24(17-19-31)28(21-10-4-1-5-11-21,22-12-6-2-7-13-22)23-14-8-3-9-15-23/h1-15,24H,16-20H2,(H,32,33). The third kappa shape index (κ3) is 4.21. The highest BCUT2D eigenvalue weighted by atomic mass is 32.1. The van der Waals surface area contributed by atoms with Gasteiger partial charge in [-0.3, -0.25) is 4.79 Å². The molecule has 1 aromatic heterocycles. The molecule has 5 rings (SSSR count). The second kappa shape index (κ2) is 9.77. The first-order chi connectivity index (χ1) is 16.7. The number of piperidine rings is 1. The minimum Gasteiger partial charge on any atom is -0.481 e. The Bertz CT molecular complexity index is 1120. The number of anilines is 1. The average Bonchev–Trinajstić information content (AvgIpc) is 3.35. The van der Waals surface area contributed by atoms with Gasteiger partial charge in [-0.15, -0.1) is 10.2 Å². The maximum absolute atomic E-state index is 11.0. The third-order valence-electron chi connectivity index (χ3n) is 6.82. The molecule has 2 heterocycles. The quantitative estimate of drug-likeness (QED) is 0.366. The van der Waals surface area contributed by atoms with Crippen molar-refractivity contribution in [3.8, 4) is 0 Å². The average molecular weight is 470 g/mol. The number of carboxylic acids is 1. The second-order valence-corrected chi connectivity index (χ2v) is 9.76. The fraction of sp³-hybridized carbons (Fsp3) is 0.250. The Hall–Kier alpha value is -3.51. The Kier molecular flexibility index (Phi) is 6.41. The largest absolute Gasteiger partial charge is 0.481 e. The molecule has 172 valence electrons. The number of aliphatic carboxylic acids is 1.